The molecule has 1 amide bonds. The topological polar surface area (TPSA) is 32.3 Å². The number of amides is 1. The fraction of sp³-hybridized carbons (Fsp3) is 0.382. The lowest BCUT2D eigenvalue weighted by Gasteiger charge is -2.46. The van der Waals surface area contributed by atoms with Crippen LogP contribution in [0, 0.1) is 19.8 Å². The number of hydrogen-bond acceptors (Lipinski definition) is 2. The molecule has 3 heteroatoms. The first kappa shape index (κ1) is 24.2. The van der Waals surface area contributed by atoms with E-state index in [0.29, 0.717) is 17.9 Å². The minimum atomic E-state index is -0.0386. The molecule has 1 saturated carbocycles. The molecule has 2 fully saturated rings. The Labute approximate surface area is 221 Å². The summed E-state index contributed by atoms with van der Waals surface area (Å²) in [6.07, 6.45) is 9.79. The SMILES string of the molecule is Cc1cccc(NC(=O)c2ccc(C3CCC(N4CCC5(C=Cc6ccccc65)[C@@H](C)C4)C3)c(C)c2)c1. The van der Waals surface area contributed by atoms with Gasteiger partial charge < -0.3 is 10.2 Å². The van der Waals surface area contributed by atoms with Gasteiger partial charge in [-0.2, -0.15) is 0 Å². The quantitative estimate of drug-likeness (QED) is 0.411. The summed E-state index contributed by atoms with van der Waals surface area (Å²) >= 11 is 0. The first-order valence-corrected chi connectivity index (χ1v) is 13.9. The minimum Gasteiger partial charge on any atom is -0.322 e. The van der Waals surface area contributed by atoms with Gasteiger partial charge in [0.05, 0.1) is 0 Å². The molecule has 0 aromatic heterocycles. The third kappa shape index (κ3) is 4.44. The van der Waals surface area contributed by atoms with Crippen molar-refractivity contribution in [2.75, 3.05) is 18.4 Å². The Morgan fingerprint density at radius 1 is 1.00 bits per heavy atom. The Hall–Kier alpha value is -3.17. The van der Waals surface area contributed by atoms with Gasteiger partial charge in [0.25, 0.3) is 5.91 Å². The molecule has 1 saturated heterocycles. The van der Waals surface area contributed by atoms with Gasteiger partial charge in [-0.1, -0.05) is 61.5 Å². The van der Waals surface area contributed by atoms with E-state index in [9.17, 15) is 4.79 Å². The van der Waals surface area contributed by atoms with Gasteiger partial charge in [0.2, 0.25) is 0 Å². The second-order valence-corrected chi connectivity index (χ2v) is 11.7. The third-order valence-corrected chi connectivity index (χ3v) is 9.39. The number of hydrogen-bond donors (Lipinski definition) is 1. The molecule has 3 aromatic rings. The van der Waals surface area contributed by atoms with E-state index < -0.39 is 0 Å². The predicted octanol–water partition coefficient (Wildman–Crippen LogP) is 7.50. The third-order valence-electron chi connectivity index (χ3n) is 9.39. The van der Waals surface area contributed by atoms with Crippen molar-refractivity contribution in [1.29, 1.82) is 0 Å². The molecular weight excluding hydrogens is 452 g/mol. The maximum Gasteiger partial charge on any atom is 0.255 e. The number of likely N-dealkylation sites (tertiary alicyclic amines) is 1. The van der Waals surface area contributed by atoms with Gasteiger partial charge in [0.1, 0.15) is 0 Å². The lowest BCUT2D eigenvalue weighted by atomic mass is 9.68. The molecule has 0 bridgehead atoms. The van der Waals surface area contributed by atoms with Crippen LogP contribution in [0.4, 0.5) is 5.69 Å². The van der Waals surface area contributed by atoms with Crippen molar-refractivity contribution in [1.82, 2.24) is 4.90 Å². The number of nitrogens with one attached hydrogen (secondary N) is 1. The minimum absolute atomic E-state index is 0.0386. The van der Waals surface area contributed by atoms with Crippen molar-refractivity contribution in [3.05, 3.63) is 106 Å². The van der Waals surface area contributed by atoms with Gasteiger partial charge in [-0.15, -0.1) is 0 Å². The van der Waals surface area contributed by atoms with E-state index >= 15 is 0 Å². The Bertz CT molecular complexity index is 1360. The van der Waals surface area contributed by atoms with Crippen molar-refractivity contribution in [3.63, 3.8) is 0 Å². The highest BCUT2D eigenvalue weighted by atomic mass is 16.1. The monoisotopic (exact) mass is 490 g/mol. The van der Waals surface area contributed by atoms with E-state index in [1.165, 1.54) is 61.0 Å². The van der Waals surface area contributed by atoms with Gasteiger partial charge in [-0.3, -0.25) is 4.79 Å². The Morgan fingerprint density at radius 3 is 2.68 bits per heavy atom. The molecule has 6 rings (SSSR count). The molecule has 0 radical (unpaired) electrons. The summed E-state index contributed by atoms with van der Waals surface area (Å²) in [6, 6.07) is 23.9. The fourth-order valence-electron chi connectivity index (χ4n) is 7.33. The molecule has 1 aliphatic heterocycles. The van der Waals surface area contributed by atoms with Gasteiger partial charge >= 0.3 is 0 Å². The maximum absolute atomic E-state index is 12.9. The lowest BCUT2D eigenvalue weighted by molar-refractivity contribution is 0.0898. The van der Waals surface area contributed by atoms with Crippen LogP contribution in [0.3, 0.4) is 0 Å². The number of piperidine rings is 1. The van der Waals surface area contributed by atoms with Crippen molar-refractivity contribution in [2.45, 2.75) is 63.8 Å². The zero-order chi connectivity index (χ0) is 25.6. The number of anilines is 1. The summed E-state index contributed by atoms with van der Waals surface area (Å²) in [5.41, 5.74) is 8.55. The number of allylic oxidation sites excluding steroid dienone is 1. The largest absolute Gasteiger partial charge is 0.322 e. The molecule has 3 aliphatic rings. The summed E-state index contributed by atoms with van der Waals surface area (Å²) < 4.78 is 0. The van der Waals surface area contributed by atoms with E-state index in [4.69, 9.17) is 0 Å². The smallest absolute Gasteiger partial charge is 0.255 e. The van der Waals surface area contributed by atoms with Gasteiger partial charge in [-0.05, 0) is 110 Å². The van der Waals surface area contributed by atoms with Crippen LogP contribution in [-0.4, -0.2) is 29.9 Å². The number of carbonyl (C=O) groups excluding carboxylic acids is 1. The molecule has 2 aliphatic carbocycles. The molecule has 3 aromatic carbocycles. The molecule has 3 unspecified atom stereocenters. The standard InChI is InChI=1S/C34H38N2O/c1-23-7-6-9-29(19-23)35-33(37)28-12-14-31(24(2)20-28)27-11-13-30(21-27)36-18-17-34(25(3)22-36)16-15-26-8-4-5-10-32(26)34/h4-10,12,14-16,19-20,25,27,30H,11,13,17-18,21-22H2,1-3H3,(H,35,37)/t25-,27?,30?,34?/m0/s1. The van der Waals surface area contributed by atoms with Crippen LogP contribution < -0.4 is 5.32 Å². The lowest BCUT2D eigenvalue weighted by Crippen LogP contribution is -2.50. The normalized spacial score (nSPS) is 26.9. The van der Waals surface area contributed by atoms with E-state index in [1.54, 1.807) is 0 Å². The highest BCUT2D eigenvalue weighted by Crippen LogP contribution is 2.48. The molecule has 3 nitrogen and oxygen atoms in total. The van der Waals surface area contributed by atoms with Crippen LogP contribution in [-0.2, 0) is 5.41 Å². The van der Waals surface area contributed by atoms with E-state index in [0.717, 1.165) is 16.8 Å². The van der Waals surface area contributed by atoms with Crippen LogP contribution in [0.1, 0.15) is 76.7 Å². The first-order chi connectivity index (χ1) is 17.9. The van der Waals surface area contributed by atoms with Gasteiger partial charge in [-0.25, -0.2) is 0 Å². The van der Waals surface area contributed by atoms with Crippen LogP contribution in [0.25, 0.3) is 6.08 Å². The van der Waals surface area contributed by atoms with Gasteiger partial charge in [0.15, 0.2) is 0 Å². The average Bonchev–Trinajstić information content (AvgIpc) is 3.52. The summed E-state index contributed by atoms with van der Waals surface area (Å²) in [6.45, 7) is 9.01. The molecule has 4 atom stereocenters. The van der Waals surface area contributed by atoms with Crippen LogP contribution in [0.2, 0.25) is 0 Å². The van der Waals surface area contributed by atoms with Gasteiger partial charge in [0, 0.05) is 29.3 Å². The maximum atomic E-state index is 12.9. The van der Waals surface area contributed by atoms with Crippen LogP contribution >= 0.6 is 0 Å². The van der Waals surface area contributed by atoms with E-state index in [2.05, 4.69) is 72.6 Å². The molecular formula is C34H38N2O. The number of aryl methyl sites for hydroxylation is 2. The second kappa shape index (κ2) is 9.61. The second-order valence-electron chi connectivity index (χ2n) is 11.7. The average molecular weight is 491 g/mol. The fourth-order valence-corrected chi connectivity index (χ4v) is 7.33. The molecule has 37 heavy (non-hydrogen) atoms. The molecule has 1 N–H and O–H groups in total. The van der Waals surface area contributed by atoms with Crippen molar-refractivity contribution >= 4 is 17.7 Å². The summed E-state index contributed by atoms with van der Waals surface area (Å²) in [5.74, 6) is 1.16. The molecule has 1 heterocycles. The number of benzene rings is 3. The summed E-state index contributed by atoms with van der Waals surface area (Å²) in [5, 5.41) is 3.05. The van der Waals surface area contributed by atoms with Crippen LogP contribution in [0.15, 0.2) is 72.8 Å². The summed E-state index contributed by atoms with van der Waals surface area (Å²) in [7, 11) is 0. The summed E-state index contributed by atoms with van der Waals surface area (Å²) in [4.78, 5) is 15.6. The zero-order valence-corrected chi connectivity index (χ0v) is 22.3. The van der Waals surface area contributed by atoms with E-state index in [-0.39, 0.29) is 11.3 Å². The Morgan fingerprint density at radius 2 is 1.86 bits per heavy atom. The predicted molar refractivity (Wildman–Crippen MR) is 153 cm³/mol. The highest BCUT2D eigenvalue weighted by molar-refractivity contribution is 6.04. The Kier molecular flexibility index (Phi) is 6.28. The zero-order valence-electron chi connectivity index (χ0n) is 22.3. The number of rotatable bonds is 4. The highest BCUT2D eigenvalue weighted by Gasteiger charge is 2.45. The van der Waals surface area contributed by atoms with Crippen LogP contribution in [0.5, 0.6) is 0 Å². The van der Waals surface area contributed by atoms with E-state index in [1.807, 2.05) is 37.3 Å². The van der Waals surface area contributed by atoms with Crippen molar-refractivity contribution in [3.8, 4) is 0 Å². The molecule has 1 spiro atoms. The molecule has 190 valence electrons. The number of fused-ring (bicyclic) bond motifs is 2. The van der Waals surface area contributed by atoms with Crippen molar-refractivity contribution in [2.24, 2.45) is 5.92 Å². The van der Waals surface area contributed by atoms with Crippen molar-refractivity contribution < 1.29 is 4.79 Å². The number of nitrogens with zero attached hydrogens (tertiary/aromatic N) is 1. The first-order valence-electron chi connectivity index (χ1n) is 13.9. The number of carbonyl (C=O) groups is 1. The Balaban J connectivity index is 1.10.